The van der Waals surface area contributed by atoms with Gasteiger partial charge in [-0.05, 0) is 70.4 Å². The molecule has 0 saturated heterocycles. The fraction of sp³-hybridized carbons (Fsp3) is 0.0909. The first kappa shape index (κ1) is 23.1. The lowest BCUT2D eigenvalue weighted by molar-refractivity contribution is 0.0990. The standard InChI is InChI=1S/C33H21NO2S3/c1-33(2)23-7-3-5-9-25(23)34(26-10-6-4-8-24(26)33)30-17-29-28(39-30)15-19(38-29)14-22-31(35)20-13-18-11-12-37-27(18)16-21(20)32(22)36/h3-17H,1-2H3/b22-14+. The first-order valence-electron chi connectivity index (χ1n) is 12.7. The van der Waals surface area contributed by atoms with Crippen molar-refractivity contribution < 1.29 is 9.59 Å². The van der Waals surface area contributed by atoms with Gasteiger partial charge in [-0.15, -0.1) is 34.0 Å². The van der Waals surface area contributed by atoms with Crippen molar-refractivity contribution in [3.63, 3.8) is 0 Å². The summed E-state index contributed by atoms with van der Waals surface area (Å²) < 4.78 is 3.33. The zero-order valence-electron chi connectivity index (χ0n) is 21.1. The third-order valence-corrected chi connectivity index (χ3v) is 11.0. The molecule has 0 spiro atoms. The Bertz CT molecular complexity index is 1920. The number of ketones is 2. The summed E-state index contributed by atoms with van der Waals surface area (Å²) in [6.45, 7) is 4.59. The second kappa shape index (κ2) is 8.09. The van der Waals surface area contributed by atoms with Gasteiger partial charge in [0.05, 0.1) is 16.9 Å². The zero-order chi connectivity index (χ0) is 26.5. The molecule has 4 heterocycles. The van der Waals surface area contributed by atoms with Crippen LogP contribution in [-0.4, -0.2) is 11.6 Å². The number of allylic oxidation sites excluding steroid dienone is 1. The molecule has 0 saturated carbocycles. The molecule has 8 rings (SSSR count). The number of benzene rings is 3. The number of rotatable bonds is 2. The van der Waals surface area contributed by atoms with Crippen molar-refractivity contribution in [1.82, 2.24) is 0 Å². The Kier molecular flexibility index (Phi) is 4.79. The van der Waals surface area contributed by atoms with Crippen molar-refractivity contribution in [3.8, 4) is 0 Å². The summed E-state index contributed by atoms with van der Waals surface area (Å²) in [4.78, 5) is 29.7. The van der Waals surface area contributed by atoms with Gasteiger partial charge in [-0.2, -0.15) is 0 Å². The van der Waals surface area contributed by atoms with Crippen LogP contribution in [0.4, 0.5) is 16.4 Å². The number of para-hydroxylation sites is 2. The van der Waals surface area contributed by atoms with Crippen LogP contribution in [0.1, 0.15) is 50.6 Å². The SMILES string of the molecule is CC1(C)c2ccccc2N(c2cc3sc(/C=C4\C(=O)c5cc6ccsc6cc5C4=O)cc3s2)c2ccccc21. The maximum atomic E-state index is 13.2. The highest BCUT2D eigenvalue weighted by molar-refractivity contribution is 7.30. The molecule has 2 aliphatic rings. The lowest BCUT2D eigenvalue weighted by Gasteiger charge is -2.41. The molecule has 0 atom stereocenters. The van der Waals surface area contributed by atoms with Gasteiger partial charge in [-0.1, -0.05) is 50.2 Å². The molecule has 1 aliphatic carbocycles. The summed E-state index contributed by atoms with van der Waals surface area (Å²) in [6.07, 6.45) is 1.78. The van der Waals surface area contributed by atoms with Crippen molar-refractivity contribution in [2.75, 3.05) is 4.90 Å². The predicted octanol–water partition coefficient (Wildman–Crippen LogP) is 9.75. The summed E-state index contributed by atoms with van der Waals surface area (Å²) in [6, 6.07) is 27.4. The quantitative estimate of drug-likeness (QED) is 0.157. The fourth-order valence-electron chi connectivity index (χ4n) is 5.98. The van der Waals surface area contributed by atoms with E-state index in [1.54, 1.807) is 40.1 Å². The predicted molar refractivity (Wildman–Crippen MR) is 165 cm³/mol. The van der Waals surface area contributed by atoms with Gasteiger partial charge in [-0.25, -0.2) is 0 Å². The van der Waals surface area contributed by atoms with Gasteiger partial charge < -0.3 is 4.90 Å². The van der Waals surface area contributed by atoms with E-state index in [-0.39, 0.29) is 22.6 Å². The zero-order valence-corrected chi connectivity index (χ0v) is 23.6. The molecule has 6 heteroatoms. The lowest BCUT2D eigenvalue weighted by atomic mass is 9.74. The van der Waals surface area contributed by atoms with E-state index in [0.717, 1.165) is 29.4 Å². The largest absolute Gasteiger partial charge is 0.301 e. The Morgan fingerprint density at radius 1 is 0.718 bits per heavy atom. The Morgan fingerprint density at radius 3 is 2.05 bits per heavy atom. The molecule has 0 radical (unpaired) electrons. The van der Waals surface area contributed by atoms with Crippen LogP contribution in [0, 0.1) is 0 Å². The monoisotopic (exact) mass is 559 g/mol. The van der Waals surface area contributed by atoms with Crippen LogP contribution in [0.3, 0.4) is 0 Å². The third kappa shape index (κ3) is 3.26. The Labute approximate surface area is 237 Å². The number of nitrogens with zero attached hydrogens (tertiary/aromatic N) is 1. The Hall–Kier alpha value is -3.84. The number of carbonyl (C=O) groups is 2. The van der Waals surface area contributed by atoms with E-state index < -0.39 is 0 Å². The van der Waals surface area contributed by atoms with Crippen LogP contribution in [0.2, 0.25) is 0 Å². The first-order chi connectivity index (χ1) is 18.9. The van der Waals surface area contributed by atoms with Gasteiger partial charge in [0.2, 0.25) is 0 Å². The van der Waals surface area contributed by atoms with E-state index in [0.29, 0.717) is 11.1 Å². The molecule has 3 nitrogen and oxygen atoms in total. The smallest absolute Gasteiger partial charge is 0.197 e. The van der Waals surface area contributed by atoms with E-state index in [2.05, 4.69) is 79.4 Å². The number of fused-ring (bicyclic) bond motifs is 5. The highest BCUT2D eigenvalue weighted by Gasteiger charge is 2.37. The summed E-state index contributed by atoms with van der Waals surface area (Å²) in [5.41, 5.74) is 6.24. The highest BCUT2D eigenvalue weighted by atomic mass is 32.1. The van der Waals surface area contributed by atoms with Crippen molar-refractivity contribution in [2.24, 2.45) is 0 Å². The molecular formula is C33H21NO2S3. The van der Waals surface area contributed by atoms with Gasteiger partial charge in [0.15, 0.2) is 11.6 Å². The van der Waals surface area contributed by atoms with E-state index in [9.17, 15) is 9.59 Å². The molecule has 3 aromatic heterocycles. The van der Waals surface area contributed by atoms with Gasteiger partial charge >= 0.3 is 0 Å². The number of carbonyl (C=O) groups excluding carboxylic acids is 2. The van der Waals surface area contributed by atoms with Gasteiger partial charge in [-0.3, -0.25) is 9.59 Å². The number of Topliss-reactive ketones (excluding diaryl/α,β-unsaturated/α-hetero) is 2. The van der Waals surface area contributed by atoms with E-state index >= 15 is 0 Å². The van der Waals surface area contributed by atoms with Crippen LogP contribution < -0.4 is 4.90 Å². The minimum Gasteiger partial charge on any atom is -0.301 e. The summed E-state index contributed by atoms with van der Waals surface area (Å²) in [5.74, 6) is -0.350. The molecule has 1 aliphatic heterocycles. The second-order valence-corrected chi connectivity index (χ2v) is 13.7. The second-order valence-electron chi connectivity index (χ2n) is 10.5. The average molecular weight is 560 g/mol. The van der Waals surface area contributed by atoms with Gasteiger partial charge in [0.1, 0.15) is 5.00 Å². The topological polar surface area (TPSA) is 37.4 Å². The number of hydrogen-bond acceptors (Lipinski definition) is 6. The van der Waals surface area contributed by atoms with Crippen LogP contribution in [0.25, 0.3) is 25.6 Å². The average Bonchev–Trinajstić information content (AvgIpc) is 3.69. The number of thiophene rings is 3. The molecule has 0 N–H and O–H groups in total. The minimum atomic E-state index is -0.176. The summed E-state index contributed by atoms with van der Waals surface area (Å²) >= 11 is 4.95. The van der Waals surface area contributed by atoms with Gasteiger partial charge in [0, 0.05) is 35.5 Å². The molecule has 0 amide bonds. The molecule has 188 valence electrons. The molecule has 0 fully saturated rings. The third-order valence-electron chi connectivity index (χ3n) is 7.93. The van der Waals surface area contributed by atoms with Crippen molar-refractivity contribution in [3.05, 3.63) is 117 Å². The molecular weight excluding hydrogens is 539 g/mol. The molecule has 0 unspecified atom stereocenters. The number of hydrogen-bond donors (Lipinski definition) is 0. The molecule has 0 bridgehead atoms. The maximum absolute atomic E-state index is 13.2. The van der Waals surface area contributed by atoms with Crippen LogP contribution in [0.5, 0.6) is 0 Å². The van der Waals surface area contributed by atoms with Crippen LogP contribution in [0.15, 0.2) is 89.8 Å². The van der Waals surface area contributed by atoms with E-state index in [4.69, 9.17) is 0 Å². The van der Waals surface area contributed by atoms with Crippen LogP contribution in [-0.2, 0) is 5.41 Å². The summed E-state index contributed by atoms with van der Waals surface area (Å²) in [5, 5.41) is 4.15. The normalized spacial score (nSPS) is 16.8. The Balaban J connectivity index is 1.20. The van der Waals surface area contributed by atoms with E-state index in [1.165, 1.54) is 22.5 Å². The summed E-state index contributed by atoms with van der Waals surface area (Å²) in [7, 11) is 0. The van der Waals surface area contributed by atoms with Gasteiger partial charge in [0.25, 0.3) is 0 Å². The molecule has 39 heavy (non-hydrogen) atoms. The lowest BCUT2D eigenvalue weighted by Crippen LogP contribution is -2.30. The van der Waals surface area contributed by atoms with Crippen LogP contribution >= 0.6 is 34.0 Å². The Morgan fingerprint density at radius 2 is 1.36 bits per heavy atom. The maximum Gasteiger partial charge on any atom is 0.197 e. The van der Waals surface area contributed by atoms with Crippen molar-refractivity contribution >= 4 is 87.5 Å². The van der Waals surface area contributed by atoms with Crippen molar-refractivity contribution in [2.45, 2.75) is 19.3 Å². The molecule has 3 aromatic carbocycles. The molecule has 6 aromatic rings. The van der Waals surface area contributed by atoms with Crippen molar-refractivity contribution in [1.29, 1.82) is 0 Å². The first-order valence-corrected chi connectivity index (χ1v) is 15.3. The number of anilines is 3. The highest BCUT2D eigenvalue weighted by Crippen LogP contribution is 2.54. The fourth-order valence-corrected chi connectivity index (χ4v) is 9.16. The minimum absolute atomic E-state index is 0.0925. The van der Waals surface area contributed by atoms with E-state index in [1.807, 2.05) is 23.6 Å².